The molecular weight excluding hydrogens is 320 g/mol. The Morgan fingerprint density at radius 1 is 1.20 bits per heavy atom. The van der Waals surface area contributed by atoms with E-state index in [0.717, 1.165) is 30.6 Å². The van der Waals surface area contributed by atoms with E-state index in [4.69, 9.17) is 0 Å². The van der Waals surface area contributed by atoms with Crippen LogP contribution in [-0.2, 0) is 11.2 Å². The van der Waals surface area contributed by atoms with Crippen LogP contribution >= 0.6 is 0 Å². The molecule has 25 heavy (non-hydrogen) atoms. The lowest BCUT2D eigenvalue weighted by atomic mass is 10.1. The first-order chi connectivity index (χ1) is 12.2. The van der Waals surface area contributed by atoms with Crippen LogP contribution in [-0.4, -0.2) is 51.1 Å². The van der Waals surface area contributed by atoms with E-state index < -0.39 is 6.04 Å². The van der Waals surface area contributed by atoms with Gasteiger partial charge < -0.3 is 14.9 Å². The molecule has 2 N–H and O–H groups in total. The fourth-order valence-corrected chi connectivity index (χ4v) is 3.74. The number of para-hydroxylation sites is 1. The molecule has 1 aromatic carbocycles. The lowest BCUT2D eigenvalue weighted by molar-refractivity contribution is -0.122. The SMILES string of the molecule is O=C([C@@H]1CCCN1C(=O)c1ccccc1O)N1CCCc2[nH]ncc21. The van der Waals surface area contributed by atoms with Gasteiger partial charge in [-0.15, -0.1) is 0 Å². The third kappa shape index (κ3) is 2.65. The number of phenolic OH excluding ortho intramolecular Hbond substituents is 1. The maximum Gasteiger partial charge on any atom is 0.258 e. The van der Waals surface area contributed by atoms with E-state index in [0.29, 0.717) is 19.5 Å². The number of amides is 2. The molecule has 3 heterocycles. The number of carbonyl (C=O) groups excluding carboxylic acids is 2. The molecule has 1 aromatic heterocycles. The number of fused-ring (bicyclic) bond motifs is 1. The van der Waals surface area contributed by atoms with Crippen molar-refractivity contribution < 1.29 is 14.7 Å². The molecule has 2 aliphatic heterocycles. The van der Waals surface area contributed by atoms with Crippen LogP contribution in [0.15, 0.2) is 30.5 Å². The number of aromatic amines is 1. The number of carbonyl (C=O) groups is 2. The molecule has 130 valence electrons. The molecule has 0 unspecified atom stereocenters. The van der Waals surface area contributed by atoms with Crippen LogP contribution in [0.1, 0.15) is 35.3 Å². The van der Waals surface area contributed by atoms with Gasteiger partial charge in [-0.05, 0) is 37.8 Å². The Balaban J connectivity index is 1.59. The first-order valence-electron chi connectivity index (χ1n) is 8.59. The van der Waals surface area contributed by atoms with Crippen molar-refractivity contribution >= 4 is 17.5 Å². The second-order valence-corrected chi connectivity index (χ2v) is 6.50. The van der Waals surface area contributed by atoms with Crippen molar-refractivity contribution in [1.29, 1.82) is 0 Å². The van der Waals surface area contributed by atoms with Crippen molar-refractivity contribution in [2.75, 3.05) is 18.0 Å². The molecule has 0 bridgehead atoms. The molecule has 1 fully saturated rings. The van der Waals surface area contributed by atoms with Gasteiger partial charge in [0.2, 0.25) is 5.91 Å². The van der Waals surface area contributed by atoms with E-state index in [1.54, 1.807) is 34.2 Å². The summed E-state index contributed by atoms with van der Waals surface area (Å²) in [4.78, 5) is 29.3. The number of anilines is 1. The second kappa shape index (κ2) is 6.23. The molecule has 1 atom stereocenters. The van der Waals surface area contributed by atoms with E-state index in [-0.39, 0.29) is 23.1 Å². The van der Waals surface area contributed by atoms with Crippen LogP contribution in [0.25, 0.3) is 0 Å². The Kier molecular flexibility index (Phi) is 3.91. The number of benzene rings is 1. The number of hydrogen-bond acceptors (Lipinski definition) is 4. The minimum atomic E-state index is -0.493. The summed E-state index contributed by atoms with van der Waals surface area (Å²) in [6.45, 7) is 1.16. The zero-order chi connectivity index (χ0) is 17.4. The highest BCUT2D eigenvalue weighted by molar-refractivity contribution is 6.04. The summed E-state index contributed by atoms with van der Waals surface area (Å²) in [5, 5.41) is 16.9. The monoisotopic (exact) mass is 340 g/mol. The minimum absolute atomic E-state index is 0.0549. The molecule has 1 saturated heterocycles. The van der Waals surface area contributed by atoms with Crippen molar-refractivity contribution in [3.63, 3.8) is 0 Å². The standard InChI is InChI=1S/C18H20N4O3/c23-16-8-2-1-5-12(16)17(24)21-10-4-7-14(21)18(25)22-9-3-6-13-15(22)11-19-20-13/h1-2,5,8,11,14,23H,3-4,6-7,9-10H2,(H,19,20)/t14-/m0/s1. The lowest BCUT2D eigenvalue weighted by Crippen LogP contribution is -2.49. The van der Waals surface area contributed by atoms with Gasteiger partial charge in [-0.1, -0.05) is 12.1 Å². The number of hydrogen-bond donors (Lipinski definition) is 2. The van der Waals surface area contributed by atoms with Gasteiger partial charge in [-0.2, -0.15) is 5.10 Å². The van der Waals surface area contributed by atoms with Gasteiger partial charge in [-0.3, -0.25) is 14.7 Å². The highest BCUT2D eigenvalue weighted by Crippen LogP contribution is 2.30. The lowest BCUT2D eigenvalue weighted by Gasteiger charge is -2.32. The van der Waals surface area contributed by atoms with Gasteiger partial charge >= 0.3 is 0 Å². The van der Waals surface area contributed by atoms with Crippen LogP contribution in [0.2, 0.25) is 0 Å². The first-order valence-corrected chi connectivity index (χ1v) is 8.59. The zero-order valence-corrected chi connectivity index (χ0v) is 13.8. The van der Waals surface area contributed by atoms with E-state index in [2.05, 4.69) is 10.2 Å². The molecule has 0 spiro atoms. The molecule has 7 heteroatoms. The van der Waals surface area contributed by atoms with Crippen molar-refractivity contribution in [3.8, 4) is 5.75 Å². The number of phenols is 1. The Morgan fingerprint density at radius 3 is 2.88 bits per heavy atom. The van der Waals surface area contributed by atoms with E-state index in [9.17, 15) is 14.7 Å². The summed E-state index contributed by atoms with van der Waals surface area (Å²) in [7, 11) is 0. The number of aromatic nitrogens is 2. The van der Waals surface area contributed by atoms with E-state index in [1.165, 1.54) is 6.07 Å². The Labute approximate surface area is 145 Å². The van der Waals surface area contributed by atoms with Crippen LogP contribution < -0.4 is 4.90 Å². The molecule has 2 amide bonds. The van der Waals surface area contributed by atoms with Crippen LogP contribution in [0.3, 0.4) is 0 Å². The van der Waals surface area contributed by atoms with Crippen LogP contribution in [0.4, 0.5) is 5.69 Å². The van der Waals surface area contributed by atoms with Crippen LogP contribution in [0, 0.1) is 0 Å². The molecule has 2 aliphatic rings. The Hall–Kier alpha value is -2.83. The topological polar surface area (TPSA) is 89.5 Å². The third-order valence-electron chi connectivity index (χ3n) is 4.99. The van der Waals surface area contributed by atoms with Gasteiger partial charge in [0.05, 0.1) is 23.1 Å². The Morgan fingerprint density at radius 2 is 2.04 bits per heavy atom. The number of aromatic hydroxyl groups is 1. The van der Waals surface area contributed by atoms with E-state index >= 15 is 0 Å². The van der Waals surface area contributed by atoms with Crippen molar-refractivity contribution in [2.24, 2.45) is 0 Å². The highest BCUT2D eigenvalue weighted by Gasteiger charge is 2.39. The van der Waals surface area contributed by atoms with Gasteiger partial charge in [0, 0.05) is 13.1 Å². The fraction of sp³-hybridized carbons (Fsp3) is 0.389. The zero-order valence-electron chi connectivity index (χ0n) is 13.8. The fourth-order valence-electron chi connectivity index (χ4n) is 3.74. The summed E-state index contributed by atoms with van der Waals surface area (Å²) in [5.74, 6) is -0.414. The number of likely N-dealkylation sites (tertiary alicyclic amines) is 1. The van der Waals surface area contributed by atoms with Gasteiger partial charge in [0.25, 0.3) is 5.91 Å². The summed E-state index contributed by atoms with van der Waals surface area (Å²) in [6, 6.07) is 5.97. The third-order valence-corrected chi connectivity index (χ3v) is 4.99. The maximum absolute atomic E-state index is 13.1. The second-order valence-electron chi connectivity index (χ2n) is 6.50. The molecule has 2 aromatic rings. The maximum atomic E-state index is 13.1. The molecular formula is C18H20N4O3. The quantitative estimate of drug-likeness (QED) is 0.871. The molecule has 7 nitrogen and oxygen atoms in total. The van der Waals surface area contributed by atoms with Gasteiger partial charge in [0.15, 0.2) is 0 Å². The number of rotatable bonds is 2. The van der Waals surface area contributed by atoms with E-state index in [1.807, 2.05) is 0 Å². The van der Waals surface area contributed by atoms with Gasteiger partial charge in [-0.25, -0.2) is 0 Å². The summed E-state index contributed by atoms with van der Waals surface area (Å²) >= 11 is 0. The molecule has 0 saturated carbocycles. The van der Waals surface area contributed by atoms with Crippen molar-refractivity contribution in [2.45, 2.75) is 31.7 Å². The smallest absolute Gasteiger partial charge is 0.258 e. The normalized spacial score (nSPS) is 19.8. The highest BCUT2D eigenvalue weighted by atomic mass is 16.3. The Bertz CT molecular complexity index is 816. The first kappa shape index (κ1) is 15.7. The minimum Gasteiger partial charge on any atom is -0.507 e. The summed E-state index contributed by atoms with van der Waals surface area (Å²) in [5.41, 5.74) is 2.03. The van der Waals surface area contributed by atoms with Crippen molar-refractivity contribution in [3.05, 3.63) is 41.7 Å². The van der Waals surface area contributed by atoms with Crippen molar-refractivity contribution in [1.82, 2.24) is 15.1 Å². The molecule has 0 radical (unpaired) electrons. The molecule has 4 rings (SSSR count). The number of nitrogens with one attached hydrogen (secondary N) is 1. The number of aryl methyl sites for hydroxylation is 1. The number of H-pyrrole nitrogens is 1. The predicted molar refractivity (Wildman–Crippen MR) is 91.4 cm³/mol. The molecule has 0 aliphatic carbocycles. The largest absolute Gasteiger partial charge is 0.507 e. The summed E-state index contributed by atoms with van der Waals surface area (Å²) < 4.78 is 0. The van der Waals surface area contributed by atoms with Crippen LogP contribution in [0.5, 0.6) is 5.75 Å². The average molecular weight is 340 g/mol. The number of nitrogens with zero attached hydrogens (tertiary/aromatic N) is 3. The summed E-state index contributed by atoms with van der Waals surface area (Å²) in [6.07, 6.45) is 4.85. The predicted octanol–water partition coefficient (Wildman–Crippen LogP) is 1.70. The average Bonchev–Trinajstić information content (AvgIpc) is 3.29. The van der Waals surface area contributed by atoms with Gasteiger partial charge in [0.1, 0.15) is 11.8 Å².